The number of carboxylic acids is 1. The zero-order valence-corrected chi connectivity index (χ0v) is 6.86. The molecule has 1 atom stereocenters. The van der Waals surface area contributed by atoms with E-state index in [9.17, 15) is 4.79 Å². The summed E-state index contributed by atoms with van der Waals surface area (Å²) >= 11 is 0. The van der Waals surface area contributed by atoms with Gasteiger partial charge in [0.2, 0.25) is 0 Å². The normalized spacial score (nSPS) is 13.3. The maximum absolute atomic E-state index is 10.2. The Morgan fingerprint density at radius 1 is 1.83 bits per heavy atom. The lowest BCUT2D eigenvalue weighted by molar-refractivity contribution is -0.174. The Kier molecular flexibility index (Phi) is 5.51. The molecule has 0 aliphatic carbocycles. The number of hydrogen-bond acceptors (Lipinski definition) is 6. The van der Waals surface area contributed by atoms with Crippen LogP contribution in [-0.4, -0.2) is 36.1 Å². The van der Waals surface area contributed by atoms with Crippen molar-refractivity contribution in [1.82, 2.24) is 10.7 Å². The van der Waals surface area contributed by atoms with Gasteiger partial charge in [0.1, 0.15) is 6.04 Å². The van der Waals surface area contributed by atoms with E-state index in [4.69, 9.17) is 16.7 Å². The molecule has 0 amide bonds. The number of nitrogens with two attached hydrogens (primary N) is 2. The number of nitrogens with one attached hydrogen (secondary N) is 1. The van der Waals surface area contributed by atoms with E-state index in [1.54, 1.807) is 0 Å². The van der Waals surface area contributed by atoms with Crippen molar-refractivity contribution in [1.29, 1.82) is 0 Å². The molecule has 0 radical (unpaired) electrons. The van der Waals surface area contributed by atoms with Gasteiger partial charge in [0.25, 0.3) is 0 Å². The number of hydrazine groups is 2. The Labute approximate surface area is 70.2 Å². The summed E-state index contributed by atoms with van der Waals surface area (Å²) in [6.45, 7) is 0.345. The number of carboxylic acid groups (broad SMARTS) is 1. The molecule has 72 valence electrons. The molecule has 12 heavy (non-hydrogen) atoms. The average molecular weight is 178 g/mol. The summed E-state index contributed by atoms with van der Waals surface area (Å²) in [4.78, 5) is 14.7. The molecule has 0 fully saturated rings. The second-order valence-corrected chi connectivity index (χ2v) is 2.15. The van der Waals surface area contributed by atoms with E-state index in [0.29, 0.717) is 6.54 Å². The topological polar surface area (TPSA) is 114 Å². The van der Waals surface area contributed by atoms with Crippen LogP contribution in [0.5, 0.6) is 0 Å². The average Bonchev–Trinajstić information content (AvgIpc) is 2.03. The minimum absolute atomic E-state index is 0.284. The van der Waals surface area contributed by atoms with Gasteiger partial charge < -0.3 is 10.8 Å². The fourth-order valence-electron chi connectivity index (χ4n) is 0.518. The zero-order valence-electron chi connectivity index (χ0n) is 6.86. The first-order valence-corrected chi connectivity index (χ1v) is 3.38. The maximum Gasteiger partial charge on any atom is 0.320 e. The lowest BCUT2D eigenvalue weighted by Gasteiger charge is -2.14. The summed E-state index contributed by atoms with van der Waals surface area (Å²) in [5.74, 6) is 4.12. The maximum atomic E-state index is 10.2. The highest BCUT2D eigenvalue weighted by Crippen LogP contribution is 1.85. The van der Waals surface area contributed by atoms with Crippen molar-refractivity contribution in [3.8, 4) is 0 Å². The van der Waals surface area contributed by atoms with E-state index in [1.807, 2.05) is 0 Å². The third kappa shape index (κ3) is 4.99. The van der Waals surface area contributed by atoms with Crippen molar-refractivity contribution in [3.05, 3.63) is 0 Å². The van der Waals surface area contributed by atoms with Crippen LogP contribution in [0.3, 0.4) is 0 Å². The van der Waals surface area contributed by atoms with Gasteiger partial charge in [-0.05, 0) is 6.42 Å². The zero-order chi connectivity index (χ0) is 9.56. The Hall–Kier alpha value is -0.730. The van der Waals surface area contributed by atoms with Crippen LogP contribution < -0.4 is 17.0 Å². The van der Waals surface area contributed by atoms with Crippen LogP contribution in [0.15, 0.2) is 0 Å². The number of nitrogens with zero attached hydrogens (tertiary/aromatic N) is 1. The third-order valence-electron chi connectivity index (χ3n) is 1.24. The van der Waals surface area contributed by atoms with Crippen molar-refractivity contribution < 1.29 is 14.7 Å². The van der Waals surface area contributed by atoms with Crippen LogP contribution in [0.2, 0.25) is 0 Å². The van der Waals surface area contributed by atoms with Gasteiger partial charge in [0, 0.05) is 6.54 Å². The van der Waals surface area contributed by atoms with Crippen molar-refractivity contribution in [3.63, 3.8) is 0 Å². The summed E-state index contributed by atoms with van der Waals surface area (Å²) in [7, 11) is 1.38. The first-order valence-electron chi connectivity index (χ1n) is 3.38. The van der Waals surface area contributed by atoms with Gasteiger partial charge in [-0.15, -0.1) is 0 Å². The van der Waals surface area contributed by atoms with Crippen LogP contribution in [0, 0.1) is 0 Å². The second kappa shape index (κ2) is 5.86. The van der Waals surface area contributed by atoms with Crippen LogP contribution in [0.1, 0.15) is 6.42 Å². The van der Waals surface area contributed by atoms with E-state index in [0.717, 1.165) is 5.28 Å². The highest BCUT2D eigenvalue weighted by molar-refractivity contribution is 5.72. The molecule has 0 rings (SSSR count). The van der Waals surface area contributed by atoms with Crippen LogP contribution in [0.4, 0.5) is 0 Å². The van der Waals surface area contributed by atoms with E-state index >= 15 is 0 Å². The second-order valence-electron chi connectivity index (χ2n) is 2.15. The molecule has 0 spiro atoms. The molecule has 0 aromatic carbocycles. The first-order chi connectivity index (χ1) is 5.57. The van der Waals surface area contributed by atoms with Crippen LogP contribution in [0.25, 0.3) is 0 Å². The van der Waals surface area contributed by atoms with E-state index in [1.165, 1.54) is 7.11 Å². The molecule has 6 N–H and O–H groups in total. The van der Waals surface area contributed by atoms with Gasteiger partial charge in [-0.2, -0.15) is 0 Å². The molecule has 0 saturated carbocycles. The molecule has 7 nitrogen and oxygen atoms in total. The highest BCUT2D eigenvalue weighted by Gasteiger charge is 2.10. The van der Waals surface area contributed by atoms with Gasteiger partial charge >= 0.3 is 5.97 Å². The summed E-state index contributed by atoms with van der Waals surface area (Å²) in [5.41, 5.74) is 7.77. The Bertz CT molecular complexity index is 143. The molecule has 0 aromatic rings. The smallest absolute Gasteiger partial charge is 0.320 e. The van der Waals surface area contributed by atoms with Crippen LogP contribution in [-0.2, 0) is 9.63 Å². The minimum atomic E-state index is -1.03. The predicted octanol–water partition coefficient (Wildman–Crippen LogP) is -1.97. The summed E-state index contributed by atoms with van der Waals surface area (Å²) < 4.78 is 0. The fraction of sp³-hybridized carbons (Fsp3) is 0.800. The third-order valence-corrected chi connectivity index (χ3v) is 1.24. The molecular weight excluding hydrogens is 164 g/mol. The van der Waals surface area contributed by atoms with Crippen molar-refractivity contribution in [2.75, 3.05) is 13.7 Å². The quantitative estimate of drug-likeness (QED) is 0.275. The number of aliphatic carboxylic acids is 1. The van der Waals surface area contributed by atoms with E-state index in [-0.39, 0.29) is 6.42 Å². The van der Waals surface area contributed by atoms with Gasteiger partial charge in [-0.25, -0.2) is 11.3 Å². The predicted molar refractivity (Wildman–Crippen MR) is 41.3 cm³/mol. The number of hydrogen-bond donors (Lipinski definition) is 4. The van der Waals surface area contributed by atoms with Crippen molar-refractivity contribution in [2.45, 2.75) is 12.5 Å². The van der Waals surface area contributed by atoms with Gasteiger partial charge in [0.05, 0.1) is 7.11 Å². The summed E-state index contributed by atoms with van der Waals surface area (Å²) in [6.07, 6.45) is 0.284. The van der Waals surface area contributed by atoms with Crippen LogP contribution >= 0.6 is 0 Å². The lowest BCUT2D eigenvalue weighted by Crippen LogP contribution is -2.45. The molecule has 0 aliphatic rings. The minimum Gasteiger partial charge on any atom is -0.480 e. The molecule has 0 unspecified atom stereocenters. The van der Waals surface area contributed by atoms with Gasteiger partial charge in [0.15, 0.2) is 0 Å². The Balaban J connectivity index is 3.37. The Morgan fingerprint density at radius 2 is 2.42 bits per heavy atom. The SMILES string of the molecule is CON(N)NCC[C@H](N)C(=O)O. The molecular formula is C5H14N4O3. The van der Waals surface area contributed by atoms with Crippen molar-refractivity contribution in [2.24, 2.45) is 11.6 Å². The van der Waals surface area contributed by atoms with Crippen molar-refractivity contribution >= 4 is 5.97 Å². The van der Waals surface area contributed by atoms with E-state index < -0.39 is 12.0 Å². The standard InChI is InChI=1S/C5H14N4O3/c1-12-9(7)8-3-2-4(6)5(10)11/h4,8H,2-3,6-7H2,1H3,(H,10,11)/t4-/m0/s1. The lowest BCUT2D eigenvalue weighted by atomic mass is 10.2. The van der Waals surface area contributed by atoms with Gasteiger partial charge in [-0.1, -0.05) is 5.28 Å². The van der Waals surface area contributed by atoms with E-state index in [2.05, 4.69) is 10.3 Å². The molecule has 7 heteroatoms. The molecule has 0 heterocycles. The summed E-state index contributed by atoms with van der Waals surface area (Å²) in [6, 6.07) is -0.872. The first kappa shape index (κ1) is 11.3. The Morgan fingerprint density at radius 3 is 2.83 bits per heavy atom. The molecule has 0 bridgehead atoms. The highest BCUT2D eigenvalue weighted by atomic mass is 16.7. The molecule has 0 saturated heterocycles. The number of rotatable bonds is 6. The summed E-state index contributed by atoms with van der Waals surface area (Å²) in [5, 5.41) is 9.26. The van der Waals surface area contributed by atoms with Gasteiger partial charge in [-0.3, -0.25) is 9.63 Å². The monoisotopic (exact) mass is 178 g/mol. The number of carbonyl (C=O) groups is 1. The fourth-order valence-corrected chi connectivity index (χ4v) is 0.518. The molecule has 0 aromatic heterocycles. The molecule has 0 aliphatic heterocycles. The largest absolute Gasteiger partial charge is 0.480 e.